The van der Waals surface area contributed by atoms with Gasteiger partial charge >= 0.3 is 0 Å². The van der Waals surface area contributed by atoms with Gasteiger partial charge in [0, 0.05) is 0 Å². The summed E-state index contributed by atoms with van der Waals surface area (Å²) in [7, 11) is 0. The molecule has 0 aliphatic rings. The monoisotopic (exact) mass is 259 g/mol. The normalized spacial score (nSPS) is 12.1. The summed E-state index contributed by atoms with van der Waals surface area (Å²) in [6.45, 7) is 1.06. The number of hydrogen-bond donors (Lipinski definition) is 1. The minimum atomic E-state index is -0.222. The molecule has 0 saturated heterocycles. The first-order chi connectivity index (χ1) is 9.29. The second-order valence-corrected chi connectivity index (χ2v) is 4.44. The van der Waals surface area contributed by atoms with Gasteiger partial charge in [-0.15, -0.1) is 0 Å². The molecule has 3 heteroatoms. The SMILES string of the molecule is NCC(CCOc1ccccc1)c1cccc(F)c1. The lowest BCUT2D eigenvalue weighted by Crippen LogP contribution is -2.15. The van der Waals surface area contributed by atoms with Crippen LogP contribution in [0.15, 0.2) is 54.6 Å². The van der Waals surface area contributed by atoms with Gasteiger partial charge in [0.1, 0.15) is 11.6 Å². The van der Waals surface area contributed by atoms with Gasteiger partial charge in [-0.05, 0) is 48.7 Å². The topological polar surface area (TPSA) is 35.2 Å². The van der Waals surface area contributed by atoms with Crippen LogP contribution in [0.4, 0.5) is 4.39 Å². The summed E-state index contributed by atoms with van der Waals surface area (Å²) in [5.41, 5.74) is 6.69. The van der Waals surface area contributed by atoms with Crippen molar-refractivity contribution in [2.45, 2.75) is 12.3 Å². The lowest BCUT2D eigenvalue weighted by Gasteiger charge is -2.15. The number of halogens is 1. The average Bonchev–Trinajstić information content (AvgIpc) is 2.45. The number of rotatable bonds is 6. The van der Waals surface area contributed by atoms with Gasteiger partial charge in [0.25, 0.3) is 0 Å². The molecule has 1 unspecified atom stereocenters. The number of nitrogens with two attached hydrogens (primary N) is 1. The number of ether oxygens (including phenoxy) is 1. The number of para-hydroxylation sites is 1. The average molecular weight is 259 g/mol. The molecule has 0 amide bonds. The van der Waals surface area contributed by atoms with Gasteiger partial charge in [0.05, 0.1) is 6.61 Å². The predicted molar refractivity (Wildman–Crippen MR) is 74.7 cm³/mol. The molecule has 19 heavy (non-hydrogen) atoms. The maximum atomic E-state index is 13.2. The zero-order chi connectivity index (χ0) is 13.5. The zero-order valence-corrected chi connectivity index (χ0v) is 10.8. The van der Waals surface area contributed by atoms with Crippen molar-refractivity contribution in [2.75, 3.05) is 13.2 Å². The van der Waals surface area contributed by atoms with Gasteiger partial charge < -0.3 is 10.5 Å². The molecule has 2 N–H and O–H groups in total. The highest BCUT2D eigenvalue weighted by molar-refractivity contribution is 5.22. The molecule has 2 aromatic rings. The number of benzene rings is 2. The van der Waals surface area contributed by atoms with Crippen molar-refractivity contribution in [3.8, 4) is 5.75 Å². The van der Waals surface area contributed by atoms with Gasteiger partial charge in [-0.25, -0.2) is 4.39 Å². The first kappa shape index (κ1) is 13.6. The fourth-order valence-electron chi connectivity index (χ4n) is 2.02. The van der Waals surface area contributed by atoms with Crippen LogP contribution >= 0.6 is 0 Å². The Morgan fingerprint density at radius 1 is 1.05 bits per heavy atom. The highest BCUT2D eigenvalue weighted by atomic mass is 19.1. The molecular weight excluding hydrogens is 241 g/mol. The lowest BCUT2D eigenvalue weighted by atomic mass is 9.96. The van der Waals surface area contributed by atoms with Crippen molar-refractivity contribution < 1.29 is 9.13 Å². The van der Waals surface area contributed by atoms with E-state index in [-0.39, 0.29) is 11.7 Å². The van der Waals surface area contributed by atoms with E-state index in [4.69, 9.17) is 10.5 Å². The minimum Gasteiger partial charge on any atom is -0.494 e. The molecule has 100 valence electrons. The van der Waals surface area contributed by atoms with E-state index in [9.17, 15) is 4.39 Å². The van der Waals surface area contributed by atoms with Crippen molar-refractivity contribution in [1.29, 1.82) is 0 Å². The third-order valence-corrected chi connectivity index (χ3v) is 3.08. The highest BCUT2D eigenvalue weighted by Crippen LogP contribution is 2.20. The predicted octanol–water partition coefficient (Wildman–Crippen LogP) is 3.34. The summed E-state index contributed by atoms with van der Waals surface area (Å²) in [5.74, 6) is 0.747. The van der Waals surface area contributed by atoms with E-state index < -0.39 is 0 Å². The van der Waals surface area contributed by atoms with Crippen LogP contribution in [0.2, 0.25) is 0 Å². The molecule has 0 aliphatic carbocycles. The summed E-state index contributed by atoms with van der Waals surface area (Å²) in [4.78, 5) is 0. The molecule has 0 radical (unpaired) electrons. The van der Waals surface area contributed by atoms with Crippen LogP contribution in [0.1, 0.15) is 17.9 Å². The quantitative estimate of drug-likeness (QED) is 0.863. The van der Waals surface area contributed by atoms with Crippen molar-refractivity contribution >= 4 is 0 Å². The maximum absolute atomic E-state index is 13.2. The first-order valence-electron chi connectivity index (χ1n) is 6.43. The van der Waals surface area contributed by atoms with Crippen LogP contribution in [-0.4, -0.2) is 13.2 Å². The second-order valence-electron chi connectivity index (χ2n) is 4.44. The van der Waals surface area contributed by atoms with E-state index in [1.165, 1.54) is 6.07 Å². The van der Waals surface area contributed by atoms with Crippen LogP contribution in [0.25, 0.3) is 0 Å². The van der Waals surface area contributed by atoms with Gasteiger partial charge in [0.15, 0.2) is 0 Å². The summed E-state index contributed by atoms with van der Waals surface area (Å²) >= 11 is 0. The van der Waals surface area contributed by atoms with E-state index in [0.717, 1.165) is 17.7 Å². The minimum absolute atomic E-state index is 0.124. The van der Waals surface area contributed by atoms with E-state index in [2.05, 4.69) is 0 Å². The van der Waals surface area contributed by atoms with Crippen molar-refractivity contribution in [3.63, 3.8) is 0 Å². The fraction of sp³-hybridized carbons (Fsp3) is 0.250. The Bertz CT molecular complexity index is 501. The van der Waals surface area contributed by atoms with Crippen molar-refractivity contribution in [3.05, 3.63) is 66.0 Å². The largest absolute Gasteiger partial charge is 0.494 e. The highest BCUT2D eigenvalue weighted by Gasteiger charge is 2.10. The molecule has 2 rings (SSSR count). The van der Waals surface area contributed by atoms with Gasteiger partial charge in [-0.1, -0.05) is 30.3 Å². The maximum Gasteiger partial charge on any atom is 0.123 e. The Labute approximate surface area is 113 Å². The van der Waals surface area contributed by atoms with Crippen molar-refractivity contribution in [1.82, 2.24) is 0 Å². The van der Waals surface area contributed by atoms with Gasteiger partial charge in [0.2, 0.25) is 0 Å². The molecule has 0 bridgehead atoms. The van der Waals surface area contributed by atoms with E-state index >= 15 is 0 Å². The molecule has 1 atom stereocenters. The molecule has 0 saturated carbocycles. The van der Waals surface area contributed by atoms with E-state index in [0.29, 0.717) is 13.2 Å². The first-order valence-corrected chi connectivity index (χ1v) is 6.43. The molecule has 0 aliphatic heterocycles. The second kappa shape index (κ2) is 6.90. The van der Waals surface area contributed by atoms with Gasteiger partial charge in [-0.2, -0.15) is 0 Å². The van der Waals surface area contributed by atoms with Crippen LogP contribution in [-0.2, 0) is 0 Å². The molecule has 0 fully saturated rings. The van der Waals surface area contributed by atoms with Crippen LogP contribution < -0.4 is 10.5 Å². The Morgan fingerprint density at radius 2 is 1.84 bits per heavy atom. The Morgan fingerprint density at radius 3 is 2.53 bits per heavy atom. The number of hydrogen-bond acceptors (Lipinski definition) is 2. The Kier molecular flexibility index (Phi) is 4.93. The molecule has 0 heterocycles. The fourth-order valence-corrected chi connectivity index (χ4v) is 2.02. The van der Waals surface area contributed by atoms with Crippen molar-refractivity contribution in [2.24, 2.45) is 5.73 Å². The molecule has 2 nitrogen and oxygen atoms in total. The van der Waals surface area contributed by atoms with E-state index in [1.54, 1.807) is 12.1 Å². The summed E-state index contributed by atoms with van der Waals surface area (Å²) in [6, 6.07) is 16.2. The molecule has 0 aromatic heterocycles. The Balaban J connectivity index is 1.89. The third-order valence-electron chi connectivity index (χ3n) is 3.08. The molecular formula is C16H18FNO. The van der Waals surface area contributed by atoms with Gasteiger partial charge in [-0.3, -0.25) is 0 Å². The third kappa shape index (κ3) is 4.07. The van der Waals surface area contributed by atoms with Crippen LogP contribution in [0.3, 0.4) is 0 Å². The standard InChI is InChI=1S/C16H18FNO/c17-15-6-4-5-13(11-15)14(12-18)9-10-19-16-7-2-1-3-8-16/h1-8,11,14H,9-10,12,18H2. The summed E-state index contributed by atoms with van der Waals surface area (Å²) in [6.07, 6.45) is 0.773. The smallest absolute Gasteiger partial charge is 0.123 e. The Hall–Kier alpha value is -1.87. The zero-order valence-electron chi connectivity index (χ0n) is 10.8. The molecule has 2 aromatic carbocycles. The lowest BCUT2D eigenvalue weighted by molar-refractivity contribution is 0.298. The molecule has 0 spiro atoms. The van der Waals surface area contributed by atoms with Crippen LogP contribution in [0, 0.1) is 5.82 Å². The summed E-state index contributed by atoms with van der Waals surface area (Å²) in [5, 5.41) is 0. The van der Waals surface area contributed by atoms with E-state index in [1.807, 2.05) is 36.4 Å². The van der Waals surface area contributed by atoms with Crippen LogP contribution in [0.5, 0.6) is 5.75 Å². The summed E-state index contributed by atoms with van der Waals surface area (Å²) < 4.78 is 18.8.